The fraction of sp³-hybridized carbons (Fsp3) is 0.370. The number of benzene rings is 2. The normalized spacial score (nSPS) is 19.4. The highest BCUT2D eigenvalue weighted by molar-refractivity contribution is 6.31. The fourth-order valence-corrected chi connectivity index (χ4v) is 4.70. The second-order valence-electron chi connectivity index (χ2n) is 9.23. The van der Waals surface area contributed by atoms with E-state index in [0.717, 1.165) is 0 Å². The maximum atomic E-state index is 14.9. The largest absolute Gasteiger partial charge is 0.489 e. The molecule has 212 valence electrons. The molecular weight excluding hydrogens is 548 g/mol. The van der Waals surface area contributed by atoms with Gasteiger partial charge in [0.25, 0.3) is 5.91 Å². The number of nitrogens with zero attached hydrogens (tertiary/aromatic N) is 3. The first-order chi connectivity index (χ1) is 19.4. The van der Waals surface area contributed by atoms with Crippen molar-refractivity contribution in [2.45, 2.75) is 12.2 Å². The number of amides is 1. The van der Waals surface area contributed by atoms with Gasteiger partial charge in [0.05, 0.1) is 48.3 Å². The Kier molecular flexibility index (Phi) is 9.02. The maximum absolute atomic E-state index is 14.9. The van der Waals surface area contributed by atoms with Gasteiger partial charge in [-0.05, 0) is 30.3 Å². The number of likely N-dealkylation sites (tertiary alicyclic amines) is 1. The van der Waals surface area contributed by atoms with E-state index in [1.54, 1.807) is 12.1 Å². The lowest BCUT2D eigenvalue weighted by Gasteiger charge is -2.24. The molecule has 10 nitrogen and oxygen atoms in total. The Morgan fingerprint density at radius 2 is 1.95 bits per heavy atom. The predicted octanol–water partition coefficient (Wildman–Crippen LogP) is 4.08. The Morgan fingerprint density at radius 3 is 2.67 bits per heavy atom. The molecule has 5 rings (SSSR count). The maximum Gasteiger partial charge on any atom is 0.284 e. The molecule has 2 aliphatic heterocycles. The molecule has 3 heterocycles. The molecule has 0 unspecified atom stereocenters. The summed E-state index contributed by atoms with van der Waals surface area (Å²) in [6.07, 6.45) is 2.49. The number of halogens is 3. The third kappa shape index (κ3) is 6.65. The number of methoxy groups -OCH3 is 1. The third-order valence-electron chi connectivity index (χ3n) is 6.50. The summed E-state index contributed by atoms with van der Waals surface area (Å²) >= 11 is 5.91. The highest BCUT2D eigenvalue weighted by Gasteiger charge is 2.36. The Morgan fingerprint density at radius 1 is 1.18 bits per heavy atom. The van der Waals surface area contributed by atoms with Crippen LogP contribution in [0.25, 0.3) is 10.9 Å². The second-order valence-corrected chi connectivity index (χ2v) is 9.63. The van der Waals surface area contributed by atoms with Gasteiger partial charge >= 0.3 is 0 Å². The van der Waals surface area contributed by atoms with Crippen molar-refractivity contribution in [3.63, 3.8) is 0 Å². The summed E-state index contributed by atoms with van der Waals surface area (Å²) < 4.78 is 50.8. The summed E-state index contributed by atoms with van der Waals surface area (Å²) in [4.78, 5) is 23.4. The molecule has 2 fully saturated rings. The lowest BCUT2D eigenvalue weighted by molar-refractivity contribution is -0.116. The van der Waals surface area contributed by atoms with E-state index in [-0.39, 0.29) is 41.8 Å². The number of nitrogens with one attached hydrogen (secondary N) is 2. The van der Waals surface area contributed by atoms with Gasteiger partial charge in [-0.3, -0.25) is 9.69 Å². The van der Waals surface area contributed by atoms with Gasteiger partial charge in [-0.2, -0.15) is 0 Å². The van der Waals surface area contributed by atoms with E-state index in [4.69, 9.17) is 30.5 Å². The summed E-state index contributed by atoms with van der Waals surface area (Å²) in [6, 6.07) is 7.35. The number of carbonyl (C=O) groups is 1. The quantitative estimate of drug-likeness (QED) is 0.273. The van der Waals surface area contributed by atoms with Crippen molar-refractivity contribution in [1.82, 2.24) is 14.9 Å². The van der Waals surface area contributed by atoms with Gasteiger partial charge in [-0.15, -0.1) is 0 Å². The monoisotopic (exact) mass is 575 g/mol. The van der Waals surface area contributed by atoms with Crippen molar-refractivity contribution in [3.8, 4) is 5.75 Å². The number of carbonyl (C=O) groups excluding carboxylic acids is 1. The molecule has 0 radical (unpaired) electrons. The van der Waals surface area contributed by atoms with Crippen LogP contribution in [0.15, 0.2) is 48.6 Å². The predicted molar refractivity (Wildman–Crippen MR) is 145 cm³/mol. The van der Waals surface area contributed by atoms with Gasteiger partial charge in [0.15, 0.2) is 5.83 Å². The van der Waals surface area contributed by atoms with E-state index in [9.17, 15) is 13.6 Å². The van der Waals surface area contributed by atoms with Gasteiger partial charge in [0.1, 0.15) is 30.3 Å². The number of aromatic nitrogens is 2. The van der Waals surface area contributed by atoms with Gasteiger partial charge in [0, 0.05) is 43.9 Å². The number of hydrogen-bond donors (Lipinski definition) is 2. The van der Waals surface area contributed by atoms with Crippen LogP contribution in [0.2, 0.25) is 5.02 Å². The number of ether oxygens (including phenoxy) is 4. The standard InChI is InChI=1S/C27H28ClF2N5O5/c1-37-6-7-38-23-12-21-17(26(32-15-31-21)33-16-2-3-19(29)18(28)10-16)11-22(23)34-27(36)20(30)4-5-35-13-24-25(14-35)40-9-8-39-24/h2-4,10-12,15,24-25H,5-9,13-14H2,1H3,(H,34,36)(H,31,32,33)/t24-,25+. The molecule has 2 aromatic carbocycles. The molecule has 3 aromatic rings. The van der Waals surface area contributed by atoms with Crippen molar-refractivity contribution in [2.75, 3.05) is 63.8 Å². The first-order valence-electron chi connectivity index (χ1n) is 12.7. The zero-order valence-corrected chi connectivity index (χ0v) is 22.4. The molecule has 0 bridgehead atoms. The van der Waals surface area contributed by atoms with Crippen LogP contribution in [0.3, 0.4) is 0 Å². The molecule has 1 amide bonds. The molecular formula is C27H28ClF2N5O5. The van der Waals surface area contributed by atoms with Crippen LogP contribution in [-0.4, -0.2) is 86.2 Å². The average Bonchev–Trinajstić information content (AvgIpc) is 3.37. The number of anilines is 3. The van der Waals surface area contributed by atoms with Crippen molar-refractivity contribution in [3.05, 3.63) is 59.4 Å². The second kappa shape index (κ2) is 12.8. The summed E-state index contributed by atoms with van der Waals surface area (Å²) in [6.45, 7) is 3.02. The Bertz CT molecular complexity index is 1400. The van der Waals surface area contributed by atoms with E-state index < -0.39 is 17.6 Å². The molecule has 40 heavy (non-hydrogen) atoms. The van der Waals surface area contributed by atoms with E-state index in [0.29, 0.717) is 55.3 Å². The Hall–Kier alpha value is -3.42. The Balaban J connectivity index is 1.36. The SMILES string of the molecule is COCCOc1cc2ncnc(Nc3ccc(F)c(Cl)c3)c2cc1NC(=O)C(F)=CCN1C[C@@H]2OCCO[C@@H]2C1. The minimum Gasteiger partial charge on any atom is -0.489 e. The summed E-state index contributed by atoms with van der Waals surface area (Å²) in [5, 5.41) is 6.11. The highest BCUT2D eigenvalue weighted by Crippen LogP contribution is 2.34. The van der Waals surface area contributed by atoms with Crippen LogP contribution in [0, 0.1) is 5.82 Å². The molecule has 0 spiro atoms. The van der Waals surface area contributed by atoms with E-state index in [1.807, 2.05) is 4.90 Å². The van der Waals surface area contributed by atoms with Crippen LogP contribution in [-0.2, 0) is 19.0 Å². The minimum absolute atomic E-state index is 0.0422. The first-order valence-corrected chi connectivity index (χ1v) is 13.0. The molecule has 0 saturated carbocycles. The number of rotatable bonds is 10. The van der Waals surface area contributed by atoms with Gasteiger partial charge in [-0.1, -0.05) is 11.6 Å². The van der Waals surface area contributed by atoms with Gasteiger partial charge in [-0.25, -0.2) is 18.7 Å². The topological polar surface area (TPSA) is 107 Å². The van der Waals surface area contributed by atoms with E-state index >= 15 is 0 Å². The fourth-order valence-electron chi connectivity index (χ4n) is 4.52. The van der Waals surface area contributed by atoms with Crippen molar-refractivity contribution in [2.24, 2.45) is 0 Å². The minimum atomic E-state index is -0.941. The average molecular weight is 576 g/mol. The van der Waals surface area contributed by atoms with Crippen molar-refractivity contribution >= 4 is 45.6 Å². The molecule has 2 atom stereocenters. The van der Waals surface area contributed by atoms with Gasteiger partial charge < -0.3 is 29.6 Å². The van der Waals surface area contributed by atoms with Crippen molar-refractivity contribution < 1.29 is 32.5 Å². The lowest BCUT2D eigenvalue weighted by Crippen LogP contribution is -2.36. The van der Waals surface area contributed by atoms with Gasteiger partial charge in [0.2, 0.25) is 0 Å². The smallest absolute Gasteiger partial charge is 0.284 e. The molecule has 2 N–H and O–H groups in total. The molecule has 13 heteroatoms. The summed E-state index contributed by atoms with van der Waals surface area (Å²) in [5.41, 5.74) is 1.19. The molecule has 2 saturated heterocycles. The van der Waals surface area contributed by atoms with Crippen LogP contribution in [0.5, 0.6) is 5.75 Å². The van der Waals surface area contributed by atoms with E-state index in [2.05, 4.69) is 20.6 Å². The summed E-state index contributed by atoms with van der Waals surface area (Å²) in [5.74, 6) is -1.79. The van der Waals surface area contributed by atoms with Crippen molar-refractivity contribution in [1.29, 1.82) is 0 Å². The zero-order valence-electron chi connectivity index (χ0n) is 21.7. The number of hydrogen-bond acceptors (Lipinski definition) is 9. The Labute approximate surface area is 234 Å². The zero-order chi connectivity index (χ0) is 28.1. The first kappa shape index (κ1) is 28.1. The third-order valence-corrected chi connectivity index (χ3v) is 6.79. The van der Waals surface area contributed by atoms with Crippen LogP contribution in [0.1, 0.15) is 0 Å². The molecule has 0 aliphatic carbocycles. The van der Waals surface area contributed by atoms with Crippen LogP contribution in [0.4, 0.5) is 26.0 Å². The van der Waals surface area contributed by atoms with Crippen LogP contribution >= 0.6 is 11.6 Å². The number of fused-ring (bicyclic) bond motifs is 2. The lowest BCUT2D eigenvalue weighted by atomic mass is 10.1. The van der Waals surface area contributed by atoms with Crippen LogP contribution < -0.4 is 15.4 Å². The molecule has 2 aliphatic rings. The highest BCUT2D eigenvalue weighted by atomic mass is 35.5. The van der Waals surface area contributed by atoms with E-state index in [1.165, 1.54) is 37.7 Å². The molecule has 1 aromatic heterocycles. The summed E-state index contributed by atoms with van der Waals surface area (Å²) in [7, 11) is 1.53.